The van der Waals surface area contributed by atoms with Gasteiger partial charge < -0.3 is 29.7 Å². The van der Waals surface area contributed by atoms with Crippen LogP contribution in [0.3, 0.4) is 0 Å². The zero-order chi connectivity index (χ0) is 34.0. The first-order valence-electron chi connectivity index (χ1n) is 18.1. The fraction of sp³-hybridized carbons (Fsp3) is 0.816. The second-order valence-corrected chi connectivity index (χ2v) is 17.1. The van der Waals surface area contributed by atoms with Crippen LogP contribution in [0.5, 0.6) is 0 Å². The zero-order valence-electron chi connectivity index (χ0n) is 29.6. The van der Waals surface area contributed by atoms with Gasteiger partial charge >= 0.3 is 12.1 Å². The number of hydrogen-bond donors (Lipinski definition) is 3. The number of hydrogen-bond acceptors (Lipinski definition) is 8. The monoisotopic (exact) mass is 656 g/mol. The first-order chi connectivity index (χ1) is 22.2. The van der Waals surface area contributed by atoms with E-state index in [1.54, 1.807) is 20.0 Å². The molecular formula is C38H60N2O7. The summed E-state index contributed by atoms with van der Waals surface area (Å²) < 4.78 is 18.6. The van der Waals surface area contributed by atoms with Crippen molar-refractivity contribution >= 4 is 12.1 Å². The van der Waals surface area contributed by atoms with Gasteiger partial charge in [-0.1, -0.05) is 26.8 Å². The molecule has 1 aromatic rings. The second-order valence-electron chi connectivity index (χ2n) is 17.1. The van der Waals surface area contributed by atoms with Crippen molar-refractivity contribution in [2.45, 2.75) is 142 Å². The summed E-state index contributed by atoms with van der Waals surface area (Å²) in [6.45, 7) is 12.5. The first kappa shape index (κ1) is 34.6. The van der Waals surface area contributed by atoms with Gasteiger partial charge in [0.05, 0.1) is 30.0 Å². The minimum Gasteiger partial charge on any atom is -0.457 e. The van der Waals surface area contributed by atoms with Gasteiger partial charge in [-0.05, 0) is 130 Å². The quantitative estimate of drug-likeness (QED) is 0.299. The van der Waals surface area contributed by atoms with Crippen LogP contribution in [-0.4, -0.2) is 64.4 Å². The Bertz CT molecular complexity index is 1320. The van der Waals surface area contributed by atoms with Gasteiger partial charge in [0, 0.05) is 27.1 Å². The van der Waals surface area contributed by atoms with Gasteiger partial charge in [-0.15, -0.1) is 0 Å². The minimum atomic E-state index is -1.16. The van der Waals surface area contributed by atoms with E-state index in [9.17, 15) is 14.7 Å². The summed E-state index contributed by atoms with van der Waals surface area (Å²) in [5.41, 5.74) is 0.644. The summed E-state index contributed by atoms with van der Waals surface area (Å²) in [5.74, 6) is 2.07. The van der Waals surface area contributed by atoms with Crippen LogP contribution in [-0.2, 0) is 25.5 Å². The molecule has 1 aliphatic heterocycles. The number of aliphatic hydroxyl groups is 2. The van der Waals surface area contributed by atoms with Crippen molar-refractivity contribution in [1.29, 1.82) is 0 Å². The molecule has 8 unspecified atom stereocenters. The molecule has 47 heavy (non-hydrogen) atoms. The predicted octanol–water partition coefficient (Wildman–Crippen LogP) is 6.44. The van der Waals surface area contributed by atoms with Crippen molar-refractivity contribution < 1.29 is 35.4 Å². The van der Waals surface area contributed by atoms with Crippen LogP contribution in [0.4, 0.5) is 4.79 Å². The number of carbonyl (C=O) groups excluding carboxylic acids is 2. The summed E-state index contributed by atoms with van der Waals surface area (Å²) in [6.07, 6.45) is 11.9. The lowest BCUT2D eigenvalue weighted by Gasteiger charge is -2.59. The third kappa shape index (κ3) is 5.60. The van der Waals surface area contributed by atoms with Crippen LogP contribution in [0.1, 0.15) is 113 Å². The molecule has 0 aromatic carbocycles. The highest BCUT2D eigenvalue weighted by Crippen LogP contribution is 2.87. The molecule has 9 nitrogen and oxygen atoms in total. The molecule has 1 saturated heterocycles. The van der Waals surface area contributed by atoms with E-state index in [2.05, 4.69) is 31.1 Å². The number of nitrogens with zero attached hydrogens (tertiary/aromatic N) is 1. The van der Waals surface area contributed by atoms with Crippen LogP contribution in [0.25, 0.3) is 0 Å². The molecule has 3 N–H and O–H groups in total. The van der Waals surface area contributed by atoms with E-state index < -0.39 is 11.7 Å². The third-order valence-electron chi connectivity index (χ3n) is 14.3. The van der Waals surface area contributed by atoms with Crippen molar-refractivity contribution in [3.05, 3.63) is 30.1 Å². The van der Waals surface area contributed by atoms with E-state index in [4.69, 9.17) is 19.3 Å². The van der Waals surface area contributed by atoms with Gasteiger partial charge in [-0.2, -0.15) is 0 Å². The SMILES string of the molecule is CC(=O)O[C@@H](C1CCC2C(CC3C4CCC5C(C)(C)[C@@H](OC(=O)NCc6ccccn6)CCC56C[C@@]46CCC23C)O1)C(C)(C)O.CO.[HH]. The number of ether oxygens (including phenoxy) is 3. The van der Waals surface area contributed by atoms with Crippen LogP contribution in [0.2, 0.25) is 0 Å². The molecule has 11 atom stereocenters. The first-order valence-corrected chi connectivity index (χ1v) is 18.1. The topological polar surface area (TPSA) is 127 Å². The highest BCUT2D eigenvalue weighted by Gasteiger charge is 2.81. The normalized spacial score (nSPS) is 41.6. The number of nitrogens with one attached hydrogen (secondary N) is 1. The molecule has 2 heterocycles. The average molecular weight is 657 g/mol. The molecule has 1 aromatic heterocycles. The Balaban J connectivity index is 0.00000148. The molecule has 6 fully saturated rings. The maximum Gasteiger partial charge on any atom is 0.407 e. The molecule has 0 radical (unpaired) electrons. The van der Waals surface area contributed by atoms with Crippen molar-refractivity contribution in [1.82, 2.24) is 10.3 Å². The number of alkyl carbamates (subject to hydrolysis) is 1. The molecule has 0 bridgehead atoms. The van der Waals surface area contributed by atoms with Gasteiger partial charge in [-0.25, -0.2) is 4.79 Å². The Morgan fingerprint density at radius 3 is 2.47 bits per heavy atom. The van der Waals surface area contributed by atoms with Crippen LogP contribution >= 0.6 is 0 Å². The highest BCUT2D eigenvalue weighted by molar-refractivity contribution is 5.67. The fourth-order valence-corrected chi connectivity index (χ4v) is 12.4. The van der Waals surface area contributed by atoms with E-state index in [-0.39, 0.29) is 42.6 Å². The maximum absolute atomic E-state index is 12.9. The lowest BCUT2D eigenvalue weighted by atomic mass is 9.46. The molecular weight excluding hydrogens is 596 g/mol. The third-order valence-corrected chi connectivity index (χ3v) is 14.3. The molecule has 9 heteroatoms. The summed E-state index contributed by atoms with van der Waals surface area (Å²) in [7, 11) is 1.00. The average Bonchev–Trinajstić information content (AvgIpc) is 3.61. The Labute approximate surface area is 282 Å². The number of rotatable bonds is 6. The zero-order valence-corrected chi connectivity index (χ0v) is 29.6. The van der Waals surface area contributed by atoms with Gasteiger partial charge in [0.1, 0.15) is 6.10 Å². The summed E-state index contributed by atoms with van der Waals surface area (Å²) in [4.78, 5) is 29.1. The molecule has 5 saturated carbocycles. The molecule has 2 spiro atoms. The lowest BCUT2D eigenvalue weighted by Crippen LogP contribution is -2.55. The number of esters is 1. The van der Waals surface area contributed by atoms with E-state index in [1.807, 2.05) is 18.2 Å². The summed E-state index contributed by atoms with van der Waals surface area (Å²) >= 11 is 0. The Morgan fingerprint density at radius 2 is 1.79 bits per heavy atom. The molecule has 7 rings (SSSR count). The van der Waals surface area contributed by atoms with Gasteiger partial charge in [0.15, 0.2) is 6.10 Å². The Morgan fingerprint density at radius 1 is 1.04 bits per heavy atom. The standard InChI is InChI=1S/C37H54N2O6.CH4O.H2/c1-22(40)43-31(34(4,5)42)27-12-10-25-28(44-27)19-26-24-11-13-29-33(2,3)30(45-32(41)39-20-23-9-7-8-18-38-23)14-15-37(29)21-36(24,37)17-16-35(25,26)6;1-2;/h7-9,18,24-31,42H,10-17,19-21H2,1-6H3,(H,39,41);2H,1H3;1H/t24?,25?,26?,27?,28?,29?,30-,31-,35?,36-,37?;;/m0../s1. The van der Waals surface area contributed by atoms with Crippen molar-refractivity contribution in [2.24, 2.45) is 45.3 Å². The minimum absolute atomic E-state index is 0. The predicted molar refractivity (Wildman–Crippen MR) is 179 cm³/mol. The van der Waals surface area contributed by atoms with Crippen molar-refractivity contribution in [2.75, 3.05) is 7.11 Å². The summed E-state index contributed by atoms with van der Waals surface area (Å²) in [6, 6.07) is 5.71. The highest BCUT2D eigenvalue weighted by atomic mass is 16.6. The molecule has 6 aliphatic rings. The number of carbonyl (C=O) groups is 2. The summed E-state index contributed by atoms with van der Waals surface area (Å²) in [5, 5.41) is 20.8. The van der Waals surface area contributed by atoms with E-state index in [0.717, 1.165) is 44.9 Å². The number of aromatic nitrogens is 1. The smallest absolute Gasteiger partial charge is 0.407 e. The maximum atomic E-state index is 12.9. The van der Waals surface area contributed by atoms with Gasteiger partial charge in [-0.3, -0.25) is 9.78 Å². The van der Waals surface area contributed by atoms with Crippen LogP contribution in [0, 0.1) is 45.3 Å². The van der Waals surface area contributed by atoms with E-state index in [1.165, 1.54) is 39.0 Å². The van der Waals surface area contributed by atoms with Crippen molar-refractivity contribution in [3.63, 3.8) is 0 Å². The Kier molecular flexibility index (Phi) is 9.04. The molecule has 1 amide bonds. The number of pyridine rings is 1. The number of aliphatic hydroxyl groups excluding tert-OH is 1. The molecule has 5 aliphatic carbocycles. The second kappa shape index (κ2) is 12.3. The lowest BCUT2D eigenvalue weighted by molar-refractivity contribution is -0.200. The largest absolute Gasteiger partial charge is 0.457 e. The Hall–Kier alpha value is -2.23. The van der Waals surface area contributed by atoms with E-state index >= 15 is 0 Å². The fourth-order valence-electron chi connectivity index (χ4n) is 12.4. The van der Waals surface area contributed by atoms with Gasteiger partial charge in [0.2, 0.25) is 0 Å². The van der Waals surface area contributed by atoms with Crippen LogP contribution in [0.15, 0.2) is 24.4 Å². The molecule has 264 valence electrons. The van der Waals surface area contributed by atoms with Gasteiger partial charge in [0.25, 0.3) is 0 Å². The van der Waals surface area contributed by atoms with E-state index in [0.29, 0.717) is 41.0 Å². The number of fused-ring (bicyclic) bond motifs is 4. The van der Waals surface area contributed by atoms with Crippen LogP contribution < -0.4 is 5.32 Å². The number of amides is 1. The van der Waals surface area contributed by atoms with Crippen molar-refractivity contribution in [3.8, 4) is 0 Å².